The van der Waals surface area contributed by atoms with Gasteiger partial charge in [-0.25, -0.2) is 4.79 Å². The van der Waals surface area contributed by atoms with E-state index >= 15 is 0 Å². The monoisotopic (exact) mass is 352 g/mol. The van der Waals surface area contributed by atoms with Gasteiger partial charge in [0.05, 0.1) is 0 Å². The number of hydrogen-bond acceptors (Lipinski definition) is 3. The Balaban J connectivity index is 1.99. The van der Waals surface area contributed by atoms with Crippen molar-refractivity contribution in [2.24, 2.45) is 23.5 Å². The quantitative estimate of drug-likeness (QED) is 0.624. The van der Waals surface area contributed by atoms with Crippen molar-refractivity contribution >= 4 is 11.9 Å². The number of carbonyl (C=O) groups is 2. The number of amides is 3. The Labute approximate surface area is 152 Å². The lowest BCUT2D eigenvalue weighted by Gasteiger charge is -2.45. The third-order valence-corrected chi connectivity index (χ3v) is 5.41. The van der Waals surface area contributed by atoms with Gasteiger partial charge in [-0.15, -0.1) is 0 Å². The standard InChI is InChI=1S/C19H36N4O2/c1-11(2)15(22-18(25)23-19(3,4)5)17(24)21-16-12-7-6-8-13(16)10-14(20)9-12/h11-16H,6-10,20H2,1-5H3,(H,21,24)(H2,22,23,25)/t12?,13?,14?,15-,16?/m0/s1. The number of carbonyl (C=O) groups excluding carboxylic acids is 2. The summed E-state index contributed by atoms with van der Waals surface area (Å²) in [6.45, 7) is 9.68. The molecular weight excluding hydrogens is 316 g/mol. The number of rotatable bonds is 4. The highest BCUT2D eigenvalue weighted by molar-refractivity contribution is 5.87. The molecule has 2 rings (SSSR count). The van der Waals surface area contributed by atoms with Gasteiger partial charge < -0.3 is 21.7 Å². The number of urea groups is 1. The molecule has 2 fully saturated rings. The lowest BCUT2D eigenvalue weighted by Crippen LogP contribution is -2.60. The predicted octanol–water partition coefficient (Wildman–Crippen LogP) is 2.13. The van der Waals surface area contributed by atoms with Gasteiger partial charge in [-0.1, -0.05) is 20.3 Å². The molecule has 2 aliphatic rings. The minimum atomic E-state index is -0.529. The lowest BCUT2D eigenvalue weighted by atomic mass is 9.67. The van der Waals surface area contributed by atoms with Crippen LogP contribution in [0.4, 0.5) is 4.79 Å². The van der Waals surface area contributed by atoms with Crippen molar-refractivity contribution in [2.45, 2.75) is 90.4 Å². The summed E-state index contributed by atoms with van der Waals surface area (Å²) in [5.41, 5.74) is 5.84. The summed E-state index contributed by atoms with van der Waals surface area (Å²) in [7, 11) is 0. The van der Waals surface area contributed by atoms with Crippen LogP contribution in [0.15, 0.2) is 0 Å². The van der Waals surface area contributed by atoms with Crippen LogP contribution in [0.3, 0.4) is 0 Å². The van der Waals surface area contributed by atoms with E-state index in [0.29, 0.717) is 11.8 Å². The normalized spacial score (nSPS) is 30.5. The average Bonchev–Trinajstić information content (AvgIpc) is 2.43. The molecule has 3 amide bonds. The van der Waals surface area contributed by atoms with E-state index in [4.69, 9.17) is 5.73 Å². The third-order valence-electron chi connectivity index (χ3n) is 5.41. The fourth-order valence-electron chi connectivity index (χ4n) is 4.33. The molecule has 144 valence electrons. The van der Waals surface area contributed by atoms with E-state index in [1.807, 2.05) is 34.6 Å². The molecule has 0 aromatic rings. The van der Waals surface area contributed by atoms with E-state index < -0.39 is 6.04 Å². The van der Waals surface area contributed by atoms with Crippen molar-refractivity contribution in [3.8, 4) is 0 Å². The maximum atomic E-state index is 12.9. The molecule has 2 aliphatic carbocycles. The van der Waals surface area contributed by atoms with Gasteiger partial charge >= 0.3 is 6.03 Å². The summed E-state index contributed by atoms with van der Waals surface area (Å²) >= 11 is 0. The van der Waals surface area contributed by atoms with Crippen LogP contribution in [0.25, 0.3) is 0 Å². The van der Waals surface area contributed by atoms with Gasteiger partial charge in [0.25, 0.3) is 0 Å². The zero-order valence-electron chi connectivity index (χ0n) is 16.4. The topological polar surface area (TPSA) is 96.2 Å². The number of nitrogens with two attached hydrogens (primary N) is 1. The van der Waals surface area contributed by atoms with Gasteiger partial charge in [0, 0.05) is 17.6 Å². The largest absolute Gasteiger partial charge is 0.351 e. The summed E-state index contributed by atoms with van der Waals surface area (Å²) in [4.78, 5) is 25.1. The second-order valence-corrected chi connectivity index (χ2v) is 9.29. The summed E-state index contributed by atoms with van der Waals surface area (Å²) in [5, 5.41) is 8.97. The highest BCUT2D eigenvalue weighted by Crippen LogP contribution is 2.39. The first-order valence-corrected chi connectivity index (χ1v) is 9.71. The van der Waals surface area contributed by atoms with Gasteiger partial charge in [0.15, 0.2) is 0 Å². The Morgan fingerprint density at radius 1 is 1.08 bits per heavy atom. The van der Waals surface area contributed by atoms with Crippen molar-refractivity contribution in [1.29, 1.82) is 0 Å². The molecule has 3 atom stereocenters. The molecule has 0 radical (unpaired) electrons. The average molecular weight is 353 g/mol. The molecule has 0 aromatic carbocycles. The van der Waals surface area contributed by atoms with E-state index in [2.05, 4.69) is 16.0 Å². The molecule has 0 spiro atoms. The van der Waals surface area contributed by atoms with Crippen LogP contribution >= 0.6 is 0 Å². The summed E-state index contributed by atoms with van der Waals surface area (Å²) in [6.07, 6.45) is 5.49. The van der Waals surface area contributed by atoms with Gasteiger partial charge in [-0.05, 0) is 64.2 Å². The number of hydrogen-bond donors (Lipinski definition) is 4. The molecule has 2 saturated carbocycles. The Hall–Kier alpha value is -1.30. The molecule has 5 N–H and O–H groups in total. The van der Waals surface area contributed by atoms with Gasteiger partial charge in [-0.2, -0.15) is 0 Å². The lowest BCUT2D eigenvalue weighted by molar-refractivity contribution is -0.126. The Morgan fingerprint density at radius 3 is 2.12 bits per heavy atom. The molecule has 0 aromatic heterocycles. The molecular formula is C19H36N4O2. The van der Waals surface area contributed by atoms with Gasteiger partial charge in [-0.3, -0.25) is 4.79 Å². The van der Waals surface area contributed by atoms with Crippen LogP contribution in [0.5, 0.6) is 0 Å². The molecule has 0 saturated heterocycles. The maximum absolute atomic E-state index is 12.9. The first-order valence-electron chi connectivity index (χ1n) is 9.71. The fourth-order valence-corrected chi connectivity index (χ4v) is 4.33. The van der Waals surface area contributed by atoms with Crippen LogP contribution in [-0.4, -0.2) is 35.6 Å². The predicted molar refractivity (Wildman–Crippen MR) is 100 cm³/mol. The van der Waals surface area contributed by atoms with Crippen LogP contribution in [0.2, 0.25) is 0 Å². The van der Waals surface area contributed by atoms with Crippen molar-refractivity contribution in [1.82, 2.24) is 16.0 Å². The minimum Gasteiger partial charge on any atom is -0.351 e. The first-order chi connectivity index (χ1) is 11.6. The summed E-state index contributed by atoms with van der Waals surface area (Å²) in [5.74, 6) is 0.901. The summed E-state index contributed by atoms with van der Waals surface area (Å²) in [6, 6.07) is -0.360. The smallest absolute Gasteiger partial charge is 0.315 e. The van der Waals surface area contributed by atoms with E-state index in [-0.39, 0.29) is 35.5 Å². The molecule has 2 unspecified atom stereocenters. The van der Waals surface area contributed by atoms with Crippen molar-refractivity contribution in [3.63, 3.8) is 0 Å². The second kappa shape index (κ2) is 7.94. The van der Waals surface area contributed by atoms with Crippen LogP contribution in [0, 0.1) is 17.8 Å². The fraction of sp³-hybridized carbons (Fsp3) is 0.895. The number of fused-ring (bicyclic) bond motifs is 2. The molecule has 6 nitrogen and oxygen atoms in total. The van der Waals surface area contributed by atoms with E-state index in [9.17, 15) is 9.59 Å². The van der Waals surface area contributed by atoms with Crippen molar-refractivity contribution in [2.75, 3.05) is 0 Å². The molecule has 0 aliphatic heterocycles. The second-order valence-electron chi connectivity index (χ2n) is 9.29. The third kappa shape index (κ3) is 5.59. The van der Waals surface area contributed by atoms with Gasteiger partial charge in [0.1, 0.15) is 6.04 Å². The molecule has 25 heavy (non-hydrogen) atoms. The first kappa shape index (κ1) is 20.0. The molecule has 2 bridgehead atoms. The Bertz CT molecular complexity index is 472. The van der Waals surface area contributed by atoms with E-state index in [0.717, 1.165) is 25.7 Å². The molecule has 6 heteroatoms. The van der Waals surface area contributed by atoms with Crippen LogP contribution in [0.1, 0.15) is 66.7 Å². The van der Waals surface area contributed by atoms with Crippen molar-refractivity contribution in [3.05, 3.63) is 0 Å². The van der Waals surface area contributed by atoms with E-state index in [1.165, 1.54) is 6.42 Å². The highest BCUT2D eigenvalue weighted by atomic mass is 16.2. The highest BCUT2D eigenvalue weighted by Gasteiger charge is 2.41. The van der Waals surface area contributed by atoms with Gasteiger partial charge in [0.2, 0.25) is 5.91 Å². The van der Waals surface area contributed by atoms with Crippen LogP contribution < -0.4 is 21.7 Å². The van der Waals surface area contributed by atoms with Crippen molar-refractivity contribution < 1.29 is 9.59 Å². The SMILES string of the molecule is CC(C)[C@H](NC(=O)NC(C)(C)C)C(=O)NC1C2CCCC1CC(N)C2. The summed E-state index contributed by atoms with van der Waals surface area (Å²) < 4.78 is 0. The van der Waals surface area contributed by atoms with E-state index in [1.54, 1.807) is 0 Å². The zero-order valence-corrected chi connectivity index (χ0v) is 16.4. The Kier molecular flexibility index (Phi) is 6.35. The Morgan fingerprint density at radius 2 is 1.64 bits per heavy atom. The molecule has 0 heterocycles. The zero-order chi connectivity index (χ0) is 18.8. The number of nitrogens with one attached hydrogen (secondary N) is 3. The maximum Gasteiger partial charge on any atom is 0.315 e. The minimum absolute atomic E-state index is 0.0245. The van der Waals surface area contributed by atoms with Crippen LogP contribution in [-0.2, 0) is 4.79 Å².